The van der Waals surface area contributed by atoms with Crippen LogP contribution in [0.5, 0.6) is 0 Å². The molecule has 4 rings (SSSR count). The van der Waals surface area contributed by atoms with Gasteiger partial charge in [0.05, 0.1) is 18.3 Å². The monoisotopic (exact) mass is 364 g/mol. The number of hydrogen-bond donors (Lipinski definition) is 1. The fraction of sp³-hybridized carbons (Fsp3) is 0.238. The van der Waals surface area contributed by atoms with E-state index in [2.05, 4.69) is 39.7 Å². The predicted octanol–water partition coefficient (Wildman–Crippen LogP) is 2.89. The van der Waals surface area contributed by atoms with Gasteiger partial charge >= 0.3 is 0 Å². The van der Waals surface area contributed by atoms with Gasteiger partial charge in [0.1, 0.15) is 5.82 Å². The number of hydrogen-bond acceptors (Lipinski definition) is 3. The molecule has 2 heterocycles. The van der Waals surface area contributed by atoms with Crippen molar-refractivity contribution in [3.63, 3.8) is 0 Å². The number of carbonyl (C=O) groups excluding carboxylic acids is 1. The van der Waals surface area contributed by atoms with E-state index >= 15 is 0 Å². The summed E-state index contributed by atoms with van der Waals surface area (Å²) in [5.74, 6) is -0.552. The Morgan fingerprint density at radius 3 is 2.70 bits per heavy atom. The Morgan fingerprint density at radius 2 is 1.89 bits per heavy atom. The van der Waals surface area contributed by atoms with Crippen LogP contribution in [0.1, 0.15) is 22.4 Å². The van der Waals surface area contributed by atoms with Gasteiger partial charge in [-0.25, -0.2) is 9.82 Å². The Labute approximate surface area is 157 Å². The van der Waals surface area contributed by atoms with Gasteiger partial charge < -0.3 is 0 Å². The van der Waals surface area contributed by atoms with Gasteiger partial charge in [-0.05, 0) is 29.7 Å². The van der Waals surface area contributed by atoms with Gasteiger partial charge in [0.2, 0.25) is 5.91 Å². The van der Waals surface area contributed by atoms with Crippen LogP contribution in [0.25, 0.3) is 0 Å². The van der Waals surface area contributed by atoms with E-state index in [0.717, 1.165) is 37.3 Å². The standard InChI is InChI=1S/C21H21FN4O/c22-19-8-4-7-17(11-19)12-21(27)24-26-20-15-25(14-18(20)13-23-26)10-9-16-5-2-1-3-6-16/h1-8,11,13H,9-10,12,14-15H2,(H,24,27). The molecule has 1 aromatic heterocycles. The topological polar surface area (TPSA) is 50.2 Å². The Morgan fingerprint density at radius 1 is 1.07 bits per heavy atom. The highest BCUT2D eigenvalue weighted by Crippen LogP contribution is 2.22. The van der Waals surface area contributed by atoms with Crippen molar-refractivity contribution in [2.75, 3.05) is 12.0 Å². The third-order valence-electron chi connectivity index (χ3n) is 4.77. The first kappa shape index (κ1) is 17.4. The largest absolute Gasteiger partial charge is 0.293 e. The van der Waals surface area contributed by atoms with E-state index in [0.29, 0.717) is 5.56 Å². The molecule has 2 aromatic carbocycles. The summed E-state index contributed by atoms with van der Waals surface area (Å²) in [5, 5.41) is 4.27. The molecule has 0 bridgehead atoms. The molecule has 0 saturated heterocycles. The number of carbonyl (C=O) groups is 1. The second-order valence-electron chi connectivity index (χ2n) is 6.82. The Balaban J connectivity index is 1.34. The van der Waals surface area contributed by atoms with Crippen LogP contribution in [0.15, 0.2) is 60.8 Å². The molecule has 0 aliphatic carbocycles. The summed E-state index contributed by atoms with van der Waals surface area (Å²) in [5.41, 5.74) is 6.90. The molecule has 1 aliphatic rings. The molecule has 1 N–H and O–H groups in total. The van der Waals surface area contributed by atoms with Gasteiger partial charge in [-0.15, -0.1) is 0 Å². The SMILES string of the molecule is O=C(Cc1cccc(F)c1)Nn1ncc2c1CN(CCc1ccccc1)C2. The molecule has 6 heteroatoms. The zero-order chi connectivity index (χ0) is 18.6. The van der Waals surface area contributed by atoms with E-state index in [4.69, 9.17) is 0 Å². The number of aromatic nitrogens is 2. The molecule has 0 fully saturated rings. The van der Waals surface area contributed by atoms with Crippen LogP contribution < -0.4 is 5.43 Å². The van der Waals surface area contributed by atoms with Gasteiger partial charge in [-0.2, -0.15) is 9.89 Å². The maximum atomic E-state index is 13.3. The number of benzene rings is 2. The summed E-state index contributed by atoms with van der Waals surface area (Å²) in [6.07, 6.45) is 2.91. The minimum absolute atomic E-state index is 0.115. The minimum Gasteiger partial charge on any atom is -0.293 e. The lowest BCUT2D eigenvalue weighted by Crippen LogP contribution is -2.28. The zero-order valence-electron chi connectivity index (χ0n) is 14.9. The molecule has 3 aromatic rings. The maximum Gasteiger partial charge on any atom is 0.244 e. The Kier molecular flexibility index (Phi) is 4.98. The van der Waals surface area contributed by atoms with Gasteiger partial charge in [0, 0.05) is 25.2 Å². The third kappa shape index (κ3) is 4.23. The first-order chi connectivity index (χ1) is 13.2. The molecule has 27 heavy (non-hydrogen) atoms. The summed E-state index contributed by atoms with van der Waals surface area (Å²) in [6.45, 7) is 2.54. The number of fused-ring (bicyclic) bond motifs is 1. The lowest BCUT2D eigenvalue weighted by atomic mass is 10.1. The average molecular weight is 364 g/mol. The van der Waals surface area contributed by atoms with Gasteiger partial charge in [-0.3, -0.25) is 9.69 Å². The average Bonchev–Trinajstić information content (AvgIpc) is 3.22. The van der Waals surface area contributed by atoms with Crippen molar-refractivity contribution in [1.29, 1.82) is 0 Å². The predicted molar refractivity (Wildman–Crippen MR) is 101 cm³/mol. The van der Waals surface area contributed by atoms with Gasteiger partial charge in [0.15, 0.2) is 0 Å². The van der Waals surface area contributed by atoms with E-state index in [-0.39, 0.29) is 18.1 Å². The second-order valence-corrected chi connectivity index (χ2v) is 6.82. The number of amides is 1. The van der Waals surface area contributed by atoms with Crippen LogP contribution in [0.3, 0.4) is 0 Å². The normalized spacial score (nSPS) is 13.5. The van der Waals surface area contributed by atoms with Crippen molar-refractivity contribution in [2.24, 2.45) is 0 Å². The van der Waals surface area contributed by atoms with E-state index in [1.54, 1.807) is 23.1 Å². The third-order valence-corrected chi connectivity index (χ3v) is 4.77. The Hall–Kier alpha value is -2.99. The summed E-state index contributed by atoms with van der Waals surface area (Å²) < 4.78 is 13.3. The number of rotatable bonds is 6. The fourth-order valence-corrected chi connectivity index (χ4v) is 3.39. The van der Waals surface area contributed by atoms with Crippen molar-refractivity contribution in [1.82, 2.24) is 14.8 Å². The van der Waals surface area contributed by atoms with Crippen LogP contribution in [-0.4, -0.2) is 27.2 Å². The summed E-state index contributed by atoms with van der Waals surface area (Å²) in [6, 6.07) is 16.5. The van der Waals surface area contributed by atoms with Crippen LogP contribution in [0, 0.1) is 5.82 Å². The van der Waals surface area contributed by atoms with Crippen molar-refractivity contribution in [2.45, 2.75) is 25.9 Å². The summed E-state index contributed by atoms with van der Waals surface area (Å²) >= 11 is 0. The number of nitrogens with one attached hydrogen (secondary N) is 1. The van der Waals surface area contributed by atoms with Crippen LogP contribution >= 0.6 is 0 Å². The van der Waals surface area contributed by atoms with Crippen LogP contribution in [0.2, 0.25) is 0 Å². The molecule has 0 spiro atoms. The lowest BCUT2D eigenvalue weighted by Gasteiger charge is -2.15. The zero-order valence-corrected chi connectivity index (χ0v) is 14.9. The molecule has 1 amide bonds. The highest BCUT2D eigenvalue weighted by molar-refractivity contribution is 5.85. The number of nitrogens with zero attached hydrogens (tertiary/aromatic N) is 3. The van der Waals surface area contributed by atoms with E-state index < -0.39 is 0 Å². The molecular formula is C21H21FN4O. The van der Waals surface area contributed by atoms with Crippen molar-refractivity contribution in [3.05, 3.63) is 89.0 Å². The smallest absolute Gasteiger partial charge is 0.244 e. The van der Waals surface area contributed by atoms with Gasteiger partial charge in [-0.1, -0.05) is 42.5 Å². The second kappa shape index (κ2) is 7.72. The van der Waals surface area contributed by atoms with Crippen LogP contribution in [0.4, 0.5) is 4.39 Å². The minimum atomic E-state index is -0.339. The van der Waals surface area contributed by atoms with Crippen molar-refractivity contribution >= 4 is 5.91 Å². The lowest BCUT2D eigenvalue weighted by molar-refractivity contribution is -0.116. The molecule has 0 radical (unpaired) electrons. The van der Waals surface area contributed by atoms with Crippen molar-refractivity contribution < 1.29 is 9.18 Å². The van der Waals surface area contributed by atoms with Crippen LogP contribution in [-0.2, 0) is 30.7 Å². The van der Waals surface area contributed by atoms with Gasteiger partial charge in [0.25, 0.3) is 0 Å². The molecule has 5 nitrogen and oxygen atoms in total. The summed E-state index contributed by atoms with van der Waals surface area (Å²) in [7, 11) is 0. The van der Waals surface area contributed by atoms with E-state index in [1.807, 2.05) is 6.07 Å². The molecule has 0 saturated carbocycles. The summed E-state index contributed by atoms with van der Waals surface area (Å²) in [4.78, 5) is 16.2. The number of halogens is 1. The molecular weight excluding hydrogens is 343 g/mol. The quantitative estimate of drug-likeness (QED) is 0.732. The molecule has 138 valence electrons. The molecule has 0 unspecified atom stereocenters. The van der Waals surface area contributed by atoms with E-state index in [9.17, 15) is 9.18 Å². The molecule has 1 aliphatic heterocycles. The molecule has 0 atom stereocenters. The Bertz CT molecular complexity index is 938. The van der Waals surface area contributed by atoms with E-state index in [1.165, 1.54) is 17.7 Å². The fourth-order valence-electron chi connectivity index (χ4n) is 3.39. The highest BCUT2D eigenvalue weighted by atomic mass is 19.1. The van der Waals surface area contributed by atoms with Crippen molar-refractivity contribution in [3.8, 4) is 0 Å². The highest BCUT2D eigenvalue weighted by Gasteiger charge is 2.24. The first-order valence-corrected chi connectivity index (χ1v) is 9.04. The first-order valence-electron chi connectivity index (χ1n) is 9.04. The maximum absolute atomic E-state index is 13.3.